The standard InChI is InChI=1S/C20H24N2O3/c1-15(24)21-13-16-7-9-18(10-8-16)20(25)22-14-19(11-12-23)17-5-3-2-4-6-17/h2-10,19,23H,11-14H2,1H3,(H,21,24)(H,22,25). The summed E-state index contributed by atoms with van der Waals surface area (Å²) < 4.78 is 0. The van der Waals surface area contributed by atoms with Gasteiger partial charge in [-0.2, -0.15) is 0 Å². The van der Waals surface area contributed by atoms with Gasteiger partial charge < -0.3 is 15.7 Å². The molecule has 5 nitrogen and oxygen atoms in total. The number of carbonyl (C=O) groups excluding carboxylic acids is 2. The summed E-state index contributed by atoms with van der Waals surface area (Å²) in [5.74, 6) is -0.156. The highest BCUT2D eigenvalue weighted by molar-refractivity contribution is 5.94. The molecular formula is C20H24N2O3. The van der Waals surface area contributed by atoms with E-state index in [-0.39, 0.29) is 24.3 Å². The van der Waals surface area contributed by atoms with E-state index in [2.05, 4.69) is 10.6 Å². The van der Waals surface area contributed by atoms with Crippen LogP contribution >= 0.6 is 0 Å². The predicted octanol–water partition coefficient (Wildman–Crippen LogP) is 2.22. The zero-order valence-electron chi connectivity index (χ0n) is 14.4. The van der Waals surface area contributed by atoms with Gasteiger partial charge in [0, 0.05) is 38.1 Å². The second kappa shape index (κ2) is 9.59. The van der Waals surface area contributed by atoms with Gasteiger partial charge in [-0.25, -0.2) is 0 Å². The number of amides is 2. The molecule has 2 rings (SSSR count). The lowest BCUT2D eigenvalue weighted by Gasteiger charge is -2.17. The van der Waals surface area contributed by atoms with Gasteiger partial charge in [-0.1, -0.05) is 42.5 Å². The minimum atomic E-state index is -0.148. The topological polar surface area (TPSA) is 78.4 Å². The zero-order valence-corrected chi connectivity index (χ0v) is 14.4. The van der Waals surface area contributed by atoms with Crippen LogP contribution < -0.4 is 10.6 Å². The van der Waals surface area contributed by atoms with Gasteiger partial charge in [-0.15, -0.1) is 0 Å². The maximum absolute atomic E-state index is 12.3. The lowest BCUT2D eigenvalue weighted by molar-refractivity contribution is -0.119. The molecule has 1 unspecified atom stereocenters. The first-order valence-electron chi connectivity index (χ1n) is 8.37. The Morgan fingerprint density at radius 3 is 2.28 bits per heavy atom. The molecule has 0 aliphatic carbocycles. The van der Waals surface area contributed by atoms with Crippen LogP contribution in [0.2, 0.25) is 0 Å². The molecule has 0 bridgehead atoms. The quantitative estimate of drug-likeness (QED) is 0.689. The van der Waals surface area contributed by atoms with Gasteiger partial charge in [0.15, 0.2) is 0 Å². The first-order chi connectivity index (χ1) is 12.1. The highest BCUT2D eigenvalue weighted by Gasteiger charge is 2.13. The van der Waals surface area contributed by atoms with E-state index in [4.69, 9.17) is 0 Å². The highest BCUT2D eigenvalue weighted by atomic mass is 16.3. The van der Waals surface area contributed by atoms with Crippen molar-refractivity contribution in [1.82, 2.24) is 10.6 Å². The fourth-order valence-corrected chi connectivity index (χ4v) is 2.59. The molecule has 0 heterocycles. The fraction of sp³-hybridized carbons (Fsp3) is 0.300. The number of carbonyl (C=O) groups is 2. The van der Waals surface area contributed by atoms with Gasteiger partial charge >= 0.3 is 0 Å². The number of nitrogens with one attached hydrogen (secondary N) is 2. The first-order valence-corrected chi connectivity index (χ1v) is 8.37. The molecule has 2 amide bonds. The summed E-state index contributed by atoms with van der Waals surface area (Å²) >= 11 is 0. The van der Waals surface area contributed by atoms with Crippen molar-refractivity contribution in [3.05, 3.63) is 71.3 Å². The largest absolute Gasteiger partial charge is 0.396 e. The Hall–Kier alpha value is -2.66. The Kier molecular flexibility index (Phi) is 7.16. The third-order valence-electron chi connectivity index (χ3n) is 4.02. The van der Waals surface area contributed by atoms with E-state index in [1.807, 2.05) is 42.5 Å². The summed E-state index contributed by atoms with van der Waals surface area (Å²) in [5.41, 5.74) is 2.61. The highest BCUT2D eigenvalue weighted by Crippen LogP contribution is 2.18. The Morgan fingerprint density at radius 1 is 1.00 bits per heavy atom. The van der Waals surface area contributed by atoms with Crippen molar-refractivity contribution in [3.63, 3.8) is 0 Å². The van der Waals surface area contributed by atoms with Crippen molar-refractivity contribution in [3.8, 4) is 0 Å². The van der Waals surface area contributed by atoms with E-state index in [0.29, 0.717) is 25.1 Å². The average molecular weight is 340 g/mol. The Balaban J connectivity index is 1.93. The van der Waals surface area contributed by atoms with Crippen molar-refractivity contribution in [2.24, 2.45) is 0 Å². The summed E-state index contributed by atoms with van der Waals surface area (Å²) in [6.45, 7) is 2.46. The van der Waals surface area contributed by atoms with Crippen LogP contribution in [0.4, 0.5) is 0 Å². The molecule has 5 heteroatoms. The van der Waals surface area contributed by atoms with Crippen molar-refractivity contribution in [2.45, 2.75) is 25.8 Å². The maximum Gasteiger partial charge on any atom is 0.251 e. The summed E-state index contributed by atoms with van der Waals surface area (Å²) in [6, 6.07) is 17.0. The maximum atomic E-state index is 12.3. The van der Waals surface area contributed by atoms with Gasteiger partial charge in [0.25, 0.3) is 5.91 Å². The van der Waals surface area contributed by atoms with Crippen molar-refractivity contribution in [1.29, 1.82) is 0 Å². The fourth-order valence-electron chi connectivity index (χ4n) is 2.59. The molecule has 1 atom stereocenters. The van der Waals surface area contributed by atoms with Crippen LogP contribution in [-0.4, -0.2) is 30.1 Å². The summed E-state index contributed by atoms with van der Waals surface area (Å²) in [5, 5.41) is 14.9. The monoisotopic (exact) mass is 340 g/mol. The van der Waals surface area contributed by atoms with Crippen molar-refractivity contribution >= 4 is 11.8 Å². The molecule has 132 valence electrons. The Labute approximate surface area is 148 Å². The van der Waals surface area contributed by atoms with Gasteiger partial charge in [-0.3, -0.25) is 9.59 Å². The lowest BCUT2D eigenvalue weighted by atomic mass is 9.96. The molecule has 3 N–H and O–H groups in total. The molecule has 0 aliphatic heterocycles. The molecule has 0 aliphatic rings. The zero-order chi connectivity index (χ0) is 18.1. The smallest absolute Gasteiger partial charge is 0.251 e. The van der Waals surface area contributed by atoms with E-state index >= 15 is 0 Å². The molecule has 0 saturated heterocycles. The van der Waals surface area contributed by atoms with E-state index in [9.17, 15) is 14.7 Å². The van der Waals surface area contributed by atoms with Gasteiger partial charge in [0.1, 0.15) is 0 Å². The van der Waals surface area contributed by atoms with Crippen molar-refractivity contribution in [2.75, 3.05) is 13.2 Å². The third kappa shape index (κ3) is 6.04. The number of benzene rings is 2. The van der Waals surface area contributed by atoms with Gasteiger partial charge in [0.05, 0.1) is 0 Å². The Bertz CT molecular complexity index is 684. The van der Waals surface area contributed by atoms with E-state index in [1.54, 1.807) is 12.1 Å². The predicted molar refractivity (Wildman–Crippen MR) is 97.2 cm³/mol. The van der Waals surface area contributed by atoms with E-state index in [1.165, 1.54) is 6.92 Å². The van der Waals surface area contributed by atoms with Crippen LogP contribution in [-0.2, 0) is 11.3 Å². The summed E-state index contributed by atoms with van der Waals surface area (Å²) in [4.78, 5) is 23.2. The number of hydrogen-bond donors (Lipinski definition) is 3. The first kappa shape index (κ1) is 18.7. The Morgan fingerprint density at radius 2 is 1.68 bits per heavy atom. The minimum absolute atomic E-state index is 0.0767. The summed E-state index contributed by atoms with van der Waals surface area (Å²) in [6.07, 6.45) is 0.597. The van der Waals surface area contributed by atoms with E-state index in [0.717, 1.165) is 11.1 Å². The number of hydrogen-bond acceptors (Lipinski definition) is 3. The van der Waals surface area contributed by atoms with Crippen LogP contribution in [0.25, 0.3) is 0 Å². The minimum Gasteiger partial charge on any atom is -0.396 e. The number of rotatable bonds is 8. The summed E-state index contributed by atoms with van der Waals surface area (Å²) in [7, 11) is 0. The molecule has 0 fully saturated rings. The van der Waals surface area contributed by atoms with Crippen LogP contribution in [0.3, 0.4) is 0 Å². The van der Waals surface area contributed by atoms with Crippen LogP contribution in [0.15, 0.2) is 54.6 Å². The molecule has 0 saturated carbocycles. The average Bonchev–Trinajstić information content (AvgIpc) is 2.64. The van der Waals surface area contributed by atoms with Gasteiger partial charge in [-0.05, 0) is 29.7 Å². The normalized spacial score (nSPS) is 11.6. The van der Waals surface area contributed by atoms with E-state index < -0.39 is 0 Å². The van der Waals surface area contributed by atoms with Crippen LogP contribution in [0.1, 0.15) is 40.7 Å². The third-order valence-corrected chi connectivity index (χ3v) is 4.02. The molecule has 2 aromatic rings. The lowest BCUT2D eigenvalue weighted by Crippen LogP contribution is -2.29. The molecule has 0 aromatic heterocycles. The molecule has 25 heavy (non-hydrogen) atoms. The molecule has 0 radical (unpaired) electrons. The van der Waals surface area contributed by atoms with Gasteiger partial charge in [0.2, 0.25) is 5.91 Å². The molecular weight excluding hydrogens is 316 g/mol. The van der Waals surface area contributed by atoms with Crippen LogP contribution in [0, 0.1) is 0 Å². The SMILES string of the molecule is CC(=O)NCc1ccc(C(=O)NCC(CCO)c2ccccc2)cc1. The number of aliphatic hydroxyl groups is 1. The second-order valence-electron chi connectivity index (χ2n) is 5.94. The molecule has 0 spiro atoms. The van der Waals surface area contributed by atoms with Crippen LogP contribution in [0.5, 0.6) is 0 Å². The molecule has 2 aromatic carbocycles. The van der Waals surface area contributed by atoms with Crippen molar-refractivity contribution < 1.29 is 14.7 Å². The second-order valence-corrected chi connectivity index (χ2v) is 5.94. The number of aliphatic hydroxyl groups excluding tert-OH is 1.